The van der Waals surface area contributed by atoms with Crippen LogP contribution in [0.15, 0.2) is 10.7 Å². The van der Waals surface area contributed by atoms with Crippen LogP contribution in [0, 0.1) is 0 Å². The number of hydrogen-bond acceptors (Lipinski definition) is 3. The molecule has 0 aliphatic rings. The molecule has 0 unspecified atom stereocenters. The van der Waals surface area contributed by atoms with Gasteiger partial charge >= 0.3 is 5.97 Å². The maximum atomic E-state index is 12.6. The molecule has 0 aliphatic heterocycles. The maximum absolute atomic E-state index is 12.6. The predicted molar refractivity (Wildman–Crippen MR) is 57.9 cm³/mol. The number of rotatable bonds is 3. The van der Waals surface area contributed by atoms with E-state index in [-0.39, 0.29) is 16.2 Å². The van der Waals surface area contributed by atoms with Gasteiger partial charge in [0, 0.05) is 0 Å². The molecule has 88 valence electrons. The Kier molecular flexibility index (Phi) is 4.61. The number of nitrogens with zero attached hydrogens (tertiary/aromatic N) is 1. The molecule has 1 rings (SSSR count). The van der Waals surface area contributed by atoms with Gasteiger partial charge in [0.15, 0.2) is 5.69 Å². The van der Waals surface area contributed by atoms with E-state index in [0.717, 1.165) is 6.07 Å². The highest BCUT2D eigenvalue weighted by molar-refractivity contribution is 9.10. The summed E-state index contributed by atoms with van der Waals surface area (Å²) in [6, 6.07) is 0.996. The highest BCUT2D eigenvalue weighted by atomic mass is 79.9. The van der Waals surface area contributed by atoms with Crippen molar-refractivity contribution in [2.75, 3.05) is 6.61 Å². The molecule has 1 heterocycles. The van der Waals surface area contributed by atoms with Crippen LogP contribution in [0.3, 0.4) is 0 Å². The van der Waals surface area contributed by atoms with Gasteiger partial charge < -0.3 is 4.74 Å². The molecule has 0 fully saturated rings. The zero-order valence-corrected chi connectivity index (χ0v) is 10.5. The van der Waals surface area contributed by atoms with Crippen LogP contribution in [-0.2, 0) is 4.74 Å². The minimum atomic E-state index is -2.84. The smallest absolute Gasteiger partial charge is 0.357 e. The minimum absolute atomic E-state index is 0.0170. The molecule has 0 radical (unpaired) electrons. The van der Waals surface area contributed by atoms with Crippen molar-refractivity contribution in [1.82, 2.24) is 4.98 Å². The van der Waals surface area contributed by atoms with E-state index in [1.54, 1.807) is 6.92 Å². The first-order chi connectivity index (χ1) is 7.47. The van der Waals surface area contributed by atoms with Gasteiger partial charge in [-0.25, -0.2) is 18.6 Å². The molecule has 0 atom stereocenters. The van der Waals surface area contributed by atoms with Crippen LogP contribution >= 0.6 is 27.5 Å². The molecule has 1 aromatic rings. The van der Waals surface area contributed by atoms with E-state index in [2.05, 4.69) is 25.7 Å². The fourth-order valence-corrected chi connectivity index (χ4v) is 1.46. The first-order valence-corrected chi connectivity index (χ1v) is 5.45. The maximum Gasteiger partial charge on any atom is 0.357 e. The summed E-state index contributed by atoms with van der Waals surface area (Å²) in [6.45, 7) is 1.66. The largest absolute Gasteiger partial charge is 0.461 e. The molecular formula is C9H7BrClF2NO2. The Morgan fingerprint density at radius 2 is 2.31 bits per heavy atom. The predicted octanol–water partition coefficient (Wildman–Crippen LogP) is 3.61. The fraction of sp³-hybridized carbons (Fsp3) is 0.333. The first kappa shape index (κ1) is 13.3. The van der Waals surface area contributed by atoms with Crippen LogP contribution in [0.1, 0.15) is 29.4 Å². The first-order valence-electron chi connectivity index (χ1n) is 4.28. The molecule has 0 aliphatic carbocycles. The van der Waals surface area contributed by atoms with Crippen LogP contribution < -0.4 is 0 Å². The van der Waals surface area contributed by atoms with Crippen molar-refractivity contribution < 1.29 is 18.3 Å². The highest BCUT2D eigenvalue weighted by Gasteiger charge is 2.23. The quantitative estimate of drug-likeness (QED) is 0.632. The standard InChI is InChI=1S/C9H7BrClF2NO2/c1-2-16-9(15)6-4(8(12)13)3-5(11)7(10)14-6/h3,8H,2H2,1H3. The van der Waals surface area contributed by atoms with Crippen molar-refractivity contribution in [3.63, 3.8) is 0 Å². The second kappa shape index (κ2) is 5.54. The van der Waals surface area contributed by atoms with Gasteiger partial charge in [-0.05, 0) is 28.9 Å². The lowest BCUT2D eigenvalue weighted by molar-refractivity contribution is 0.0507. The van der Waals surface area contributed by atoms with E-state index >= 15 is 0 Å². The molecule has 7 heteroatoms. The zero-order valence-electron chi connectivity index (χ0n) is 8.14. The number of ether oxygens (including phenoxy) is 1. The summed E-state index contributed by atoms with van der Waals surface area (Å²) in [7, 11) is 0. The number of esters is 1. The van der Waals surface area contributed by atoms with Gasteiger partial charge in [-0.2, -0.15) is 0 Å². The molecule has 16 heavy (non-hydrogen) atoms. The van der Waals surface area contributed by atoms with Gasteiger partial charge in [-0.15, -0.1) is 0 Å². The Morgan fingerprint density at radius 1 is 1.69 bits per heavy atom. The summed E-state index contributed by atoms with van der Waals surface area (Å²) in [5, 5.41) is 0.0170. The van der Waals surface area contributed by atoms with Crippen LogP contribution in [-0.4, -0.2) is 17.6 Å². The van der Waals surface area contributed by atoms with Gasteiger partial charge in [-0.3, -0.25) is 0 Å². The Morgan fingerprint density at radius 3 is 2.81 bits per heavy atom. The third-order valence-electron chi connectivity index (χ3n) is 1.67. The van der Waals surface area contributed by atoms with E-state index in [0.29, 0.717) is 0 Å². The fourth-order valence-electron chi connectivity index (χ4n) is 1.01. The van der Waals surface area contributed by atoms with Gasteiger partial charge in [-0.1, -0.05) is 11.6 Å². The summed E-state index contributed by atoms with van der Waals surface area (Å²) in [5.41, 5.74) is -0.959. The normalized spacial score (nSPS) is 10.6. The summed E-state index contributed by atoms with van der Waals surface area (Å²) in [5.74, 6) is -0.893. The number of hydrogen-bond donors (Lipinski definition) is 0. The number of halogens is 4. The van der Waals surface area contributed by atoms with Crippen LogP contribution in [0.2, 0.25) is 5.02 Å². The van der Waals surface area contributed by atoms with E-state index in [9.17, 15) is 13.6 Å². The van der Waals surface area contributed by atoms with Gasteiger partial charge in [0.1, 0.15) is 4.60 Å². The van der Waals surface area contributed by atoms with Crippen LogP contribution in [0.25, 0.3) is 0 Å². The van der Waals surface area contributed by atoms with Crippen molar-refractivity contribution in [1.29, 1.82) is 0 Å². The Labute approximate surface area is 104 Å². The van der Waals surface area contributed by atoms with Crippen molar-refractivity contribution in [3.05, 3.63) is 26.9 Å². The molecule has 0 saturated carbocycles. The third kappa shape index (κ3) is 2.89. The lowest BCUT2D eigenvalue weighted by Gasteiger charge is -2.08. The number of carbonyl (C=O) groups excluding carboxylic acids is 1. The molecule has 0 N–H and O–H groups in total. The minimum Gasteiger partial charge on any atom is -0.461 e. The Bertz CT molecular complexity index is 415. The lowest BCUT2D eigenvalue weighted by Crippen LogP contribution is -2.11. The van der Waals surface area contributed by atoms with Crippen molar-refractivity contribution in [2.24, 2.45) is 0 Å². The molecule has 3 nitrogen and oxygen atoms in total. The highest BCUT2D eigenvalue weighted by Crippen LogP contribution is 2.29. The van der Waals surface area contributed by atoms with E-state index < -0.39 is 23.7 Å². The number of alkyl halides is 2. The number of aromatic nitrogens is 1. The molecule has 0 saturated heterocycles. The second-order valence-corrected chi connectivity index (χ2v) is 3.88. The summed E-state index contributed by atoms with van der Waals surface area (Å²) in [6.07, 6.45) is -2.84. The lowest BCUT2D eigenvalue weighted by atomic mass is 10.2. The Hall–Kier alpha value is -0.750. The molecular weight excluding hydrogens is 307 g/mol. The summed E-state index contributed by atoms with van der Waals surface area (Å²) >= 11 is 8.57. The topological polar surface area (TPSA) is 39.2 Å². The van der Waals surface area contributed by atoms with Crippen LogP contribution in [0.4, 0.5) is 8.78 Å². The number of carbonyl (C=O) groups is 1. The van der Waals surface area contributed by atoms with Crippen molar-refractivity contribution >= 4 is 33.5 Å². The molecule has 0 aromatic carbocycles. The zero-order chi connectivity index (χ0) is 12.3. The van der Waals surface area contributed by atoms with Gasteiger partial charge in [0.25, 0.3) is 6.43 Å². The molecule has 1 aromatic heterocycles. The summed E-state index contributed by atoms with van der Waals surface area (Å²) < 4.78 is 30.0. The molecule has 0 amide bonds. The average molecular weight is 315 g/mol. The van der Waals surface area contributed by atoms with Gasteiger partial charge in [0.2, 0.25) is 0 Å². The number of pyridine rings is 1. The van der Waals surface area contributed by atoms with Crippen LogP contribution in [0.5, 0.6) is 0 Å². The average Bonchev–Trinajstić information content (AvgIpc) is 2.21. The van der Waals surface area contributed by atoms with Crippen molar-refractivity contribution in [2.45, 2.75) is 13.3 Å². The van der Waals surface area contributed by atoms with E-state index in [4.69, 9.17) is 11.6 Å². The SMILES string of the molecule is CCOC(=O)c1nc(Br)c(Cl)cc1C(F)F. The van der Waals surface area contributed by atoms with Gasteiger partial charge in [0.05, 0.1) is 17.2 Å². The van der Waals surface area contributed by atoms with E-state index in [1.165, 1.54) is 0 Å². The second-order valence-electron chi connectivity index (χ2n) is 2.72. The third-order valence-corrected chi connectivity index (χ3v) is 2.79. The summed E-state index contributed by atoms with van der Waals surface area (Å²) in [4.78, 5) is 15.0. The Balaban J connectivity index is 3.24. The monoisotopic (exact) mass is 313 g/mol. The van der Waals surface area contributed by atoms with E-state index in [1.807, 2.05) is 0 Å². The molecule has 0 bridgehead atoms. The van der Waals surface area contributed by atoms with Crippen molar-refractivity contribution in [3.8, 4) is 0 Å². The molecule has 0 spiro atoms.